The Morgan fingerprint density at radius 1 is 1.35 bits per heavy atom. The molecule has 1 aromatic heterocycles. The van der Waals surface area contributed by atoms with Gasteiger partial charge >= 0.3 is 0 Å². The molecule has 1 unspecified atom stereocenters. The van der Waals surface area contributed by atoms with Crippen LogP contribution in [0, 0.1) is 6.92 Å². The second kappa shape index (κ2) is 6.41. The molecule has 108 valence electrons. The molecule has 2 N–H and O–H groups in total. The predicted octanol–water partition coefficient (Wildman–Crippen LogP) is 2.96. The fourth-order valence-corrected chi connectivity index (χ4v) is 2.53. The Labute approximate surface area is 128 Å². The van der Waals surface area contributed by atoms with E-state index in [-0.39, 0.29) is 6.04 Å². The molecule has 2 rings (SSSR count). The average molecular weight is 338 g/mol. The van der Waals surface area contributed by atoms with E-state index in [0.29, 0.717) is 6.61 Å². The maximum Gasteiger partial charge on any atom is 0.131 e. The molecule has 20 heavy (non-hydrogen) atoms. The molecule has 0 aliphatic heterocycles. The lowest BCUT2D eigenvalue weighted by molar-refractivity contribution is 0.294. The highest BCUT2D eigenvalue weighted by Crippen LogP contribution is 2.22. The lowest BCUT2D eigenvalue weighted by atomic mass is 10.1. The second-order valence-electron chi connectivity index (χ2n) is 5.08. The highest BCUT2D eigenvalue weighted by atomic mass is 79.9. The summed E-state index contributed by atoms with van der Waals surface area (Å²) >= 11 is 3.54. The molecule has 1 heterocycles. The maximum absolute atomic E-state index is 5.80. The Kier molecular flexibility index (Phi) is 4.83. The van der Waals surface area contributed by atoms with Crippen molar-refractivity contribution < 1.29 is 4.74 Å². The molecular weight excluding hydrogens is 318 g/mol. The molecule has 0 radical (unpaired) electrons. The molecule has 0 fully saturated rings. The van der Waals surface area contributed by atoms with Crippen LogP contribution >= 0.6 is 15.9 Å². The summed E-state index contributed by atoms with van der Waals surface area (Å²) in [5.74, 6) is 0.851. The van der Waals surface area contributed by atoms with Crippen LogP contribution in [0.15, 0.2) is 28.7 Å². The number of hydrogen-bond donors (Lipinski definition) is 1. The number of ether oxygens (including phenoxy) is 1. The van der Waals surface area contributed by atoms with Crippen LogP contribution < -0.4 is 10.5 Å². The molecule has 5 heteroatoms. The molecule has 4 nitrogen and oxygen atoms in total. The van der Waals surface area contributed by atoms with Gasteiger partial charge in [0.25, 0.3) is 0 Å². The van der Waals surface area contributed by atoms with Crippen molar-refractivity contribution in [1.29, 1.82) is 0 Å². The van der Waals surface area contributed by atoms with Crippen LogP contribution in [0.4, 0.5) is 0 Å². The van der Waals surface area contributed by atoms with Crippen molar-refractivity contribution >= 4 is 15.9 Å². The van der Waals surface area contributed by atoms with Crippen LogP contribution in [0.1, 0.15) is 23.9 Å². The van der Waals surface area contributed by atoms with Gasteiger partial charge in [-0.3, -0.25) is 4.68 Å². The molecule has 2 aromatic rings. The van der Waals surface area contributed by atoms with Gasteiger partial charge in [0.05, 0.1) is 15.9 Å². The summed E-state index contributed by atoms with van der Waals surface area (Å²) in [4.78, 5) is 0. The van der Waals surface area contributed by atoms with Crippen molar-refractivity contribution in [1.82, 2.24) is 9.78 Å². The zero-order valence-electron chi connectivity index (χ0n) is 12.1. The van der Waals surface area contributed by atoms with Gasteiger partial charge in [-0.1, -0.05) is 12.1 Å². The minimum absolute atomic E-state index is 0.176. The first-order valence-electron chi connectivity index (χ1n) is 6.62. The number of benzene rings is 1. The SMILES string of the molecule is Cc1nn(C)c(COc2ccc(CC(C)N)cc2)c1Br. The number of nitrogens with zero attached hydrogens (tertiary/aromatic N) is 2. The zero-order valence-corrected chi connectivity index (χ0v) is 13.6. The van der Waals surface area contributed by atoms with Gasteiger partial charge in [0, 0.05) is 13.1 Å². The first kappa shape index (κ1) is 15.1. The van der Waals surface area contributed by atoms with Crippen molar-refractivity contribution in [2.45, 2.75) is 32.9 Å². The van der Waals surface area contributed by atoms with Gasteiger partial charge < -0.3 is 10.5 Å². The van der Waals surface area contributed by atoms with E-state index < -0.39 is 0 Å². The second-order valence-corrected chi connectivity index (χ2v) is 5.88. The summed E-state index contributed by atoms with van der Waals surface area (Å²) in [6, 6.07) is 8.25. The molecule has 0 saturated carbocycles. The number of rotatable bonds is 5. The Morgan fingerprint density at radius 3 is 2.50 bits per heavy atom. The van der Waals surface area contributed by atoms with E-state index in [1.807, 2.05) is 37.7 Å². The number of hydrogen-bond acceptors (Lipinski definition) is 3. The smallest absolute Gasteiger partial charge is 0.131 e. The van der Waals surface area contributed by atoms with Crippen LogP contribution in [-0.2, 0) is 20.1 Å². The minimum Gasteiger partial charge on any atom is -0.487 e. The average Bonchev–Trinajstić information content (AvgIpc) is 2.62. The number of halogens is 1. The van der Waals surface area contributed by atoms with Crippen LogP contribution in [0.3, 0.4) is 0 Å². The normalized spacial score (nSPS) is 12.4. The van der Waals surface area contributed by atoms with E-state index in [0.717, 1.165) is 28.0 Å². The highest BCUT2D eigenvalue weighted by molar-refractivity contribution is 9.10. The van der Waals surface area contributed by atoms with Gasteiger partial charge in [-0.25, -0.2) is 0 Å². The molecule has 0 bridgehead atoms. The fraction of sp³-hybridized carbons (Fsp3) is 0.400. The summed E-state index contributed by atoms with van der Waals surface area (Å²) in [7, 11) is 1.92. The van der Waals surface area contributed by atoms with E-state index in [9.17, 15) is 0 Å². The van der Waals surface area contributed by atoms with Gasteiger partial charge in [0.1, 0.15) is 12.4 Å². The van der Waals surface area contributed by atoms with Crippen LogP contribution in [0.5, 0.6) is 5.75 Å². The summed E-state index contributed by atoms with van der Waals surface area (Å²) in [5, 5.41) is 4.35. The molecule has 0 amide bonds. The third kappa shape index (κ3) is 3.61. The molecule has 0 spiro atoms. The monoisotopic (exact) mass is 337 g/mol. The lowest BCUT2D eigenvalue weighted by Gasteiger charge is -2.09. The third-order valence-electron chi connectivity index (χ3n) is 3.12. The van der Waals surface area contributed by atoms with Crippen molar-refractivity contribution in [2.75, 3.05) is 0 Å². The topological polar surface area (TPSA) is 53.1 Å². The van der Waals surface area contributed by atoms with Crippen LogP contribution in [-0.4, -0.2) is 15.8 Å². The Balaban J connectivity index is 2.00. The quantitative estimate of drug-likeness (QED) is 0.912. The van der Waals surface area contributed by atoms with E-state index in [2.05, 4.69) is 33.2 Å². The lowest BCUT2D eigenvalue weighted by Crippen LogP contribution is -2.17. The number of nitrogens with two attached hydrogens (primary N) is 1. The molecule has 0 aliphatic rings. The van der Waals surface area contributed by atoms with Gasteiger partial charge in [0.15, 0.2) is 0 Å². The van der Waals surface area contributed by atoms with Crippen molar-refractivity contribution in [3.05, 3.63) is 45.7 Å². The first-order chi connectivity index (χ1) is 9.47. The van der Waals surface area contributed by atoms with Crippen LogP contribution in [0.2, 0.25) is 0 Å². The van der Waals surface area contributed by atoms with E-state index in [4.69, 9.17) is 10.5 Å². The van der Waals surface area contributed by atoms with Crippen molar-refractivity contribution in [3.8, 4) is 5.75 Å². The Morgan fingerprint density at radius 2 is 2.00 bits per heavy atom. The first-order valence-corrected chi connectivity index (χ1v) is 7.42. The third-order valence-corrected chi connectivity index (χ3v) is 4.15. The van der Waals surface area contributed by atoms with Gasteiger partial charge in [-0.05, 0) is 53.9 Å². The summed E-state index contributed by atoms with van der Waals surface area (Å²) in [6.07, 6.45) is 0.882. The number of aryl methyl sites for hydroxylation is 2. The molecule has 0 saturated heterocycles. The van der Waals surface area contributed by atoms with E-state index in [1.54, 1.807) is 0 Å². The highest BCUT2D eigenvalue weighted by Gasteiger charge is 2.11. The van der Waals surface area contributed by atoms with Crippen molar-refractivity contribution in [3.63, 3.8) is 0 Å². The zero-order chi connectivity index (χ0) is 14.7. The molecule has 0 aliphatic carbocycles. The van der Waals surface area contributed by atoms with Gasteiger partial charge in [0.2, 0.25) is 0 Å². The van der Waals surface area contributed by atoms with Crippen molar-refractivity contribution in [2.24, 2.45) is 12.8 Å². The molecule has 1 atom stereocenters. The summed E-state index contributed by atoms with van der Waals surface area (Å²) < 4.78 is 8.65. The Bertz CT molecular complexity index is 576. The maximum atomic E-state index is 5.80. The van der Waals surface area contributed by atoms with Gasteiger partial charge in [-0.15, -0.1) is 0 Å². The molecule has 1 aromatic carbocycles. The standard InChI is InChI=1S/C15H20BrN3O/c1-10(17)8-12-4-6-13(7-5-12)20-9-14-15(16)11(2)18-19(14)3/h4-7,10H,8-9,17H2,1-3H3. The summed E-state index contributed by atoms with van der Waals surface area (Å²) in [5.41, 5.74) is 9.01. The largest absolute Gasteiger partial charge is 0.487 e. The van der Waals surface area contributed by atoms with Gasteiger partial charge in [-0.2, -0.15) is 5.10 Å². The predicted molar refractivity (Wildman–Crippen MR) is 83.8 cm³/mol. The minimum atomic E-state index is 0.176. The molecular formula is C15H20BrN3O. The Hall–Kier alpha value is -1.33. The van der Waals surface area contributed by atoms with Crippen LogP contribution in [0.25, 0.3) is 0 Å². The fourth-order valence-electron chi connectivity index (χ4n) is 2.08. The van der Waals surface area contributed by atoms with E-state index >= 15 is 0 Å². The van der Waals surface area contributed by atoms with E-state index in [1.165, 1.54) is 5.56 Å². The summed E-state index contributed by atoms with van der Waals surface area (Å²) in [6.45, 7) is 4.47. The number of aromatic nitrogens is 2.